The van der Waals surface area contributed by atoms with E-state index in [1.165, 1.54) is 4.31 Å². The number of sulfonamides is 1. The number of amides is 1. The summed E-state index contributed by atoms with van der Waals surface area (Å²) in [6, 6.07) is -0.571. The van der Waals surface area contributed by atoms with Gasteiger partial charge < -0.3 is 5.32 Å². The first kappa shape index (κ1) is 10.5. The molecule has 6 heteroatoms. The van der Waals surface area contributed by atoms with Gasteiger partial charge in [-0.15, -0.1) is 0 Å². The average Bonchev–Trinajstić information content (AvgIpc) is 2.09. The van der Waals surface area contributed by atoms with Gasteiger partial charge in [-0.05, 0) is 13.8 Å². The fourth-order valence-corrected chi connectivity index (χ4v) is 2.59. The van der Waals surface area contributed by atoms with Crippen LogP contribution in [0.3, 0.4) is 0 Å². The van der Waals surface area contributed by atoms with Crippen LogP contribution in [0.4, 0.5) is 0 Å². The van der Waals surface area contributed by atoms with E-state index in [4.69, 9.17) is 0 Å². The molecule has 1 N–H and O–H groups in total. The summed E-state index contributed by atoms with van der Waals surface area (Å²) in [4.78, 5) is 11.1. The highest BCUT2D eigenvalue weighted by molar-refractivity contribution is 7.89. The molecule has 0 aromatic heterocycles. The van der Waals surface area contributed by atoms with Crippen LogP contribution in [0, 0.1) is 0 Å². The van der Waals surface area contributed by atoms with Crippen molar-refractivity contribution in [1.29, 1.82) is 0 Å². The lowest BCUT2D eigenvalue weighted by Gasteiger charge is -2.31. The van der Waals surface area contributed by atoms with Crippen molar-refractivity contribution in [1.82, 2.24) is 9.62 Å². The lowest BCUT2D eigenvalue weighted by Crippen LogP contribution is -2.56. The van der Waals surface area contributed by atoms with Crippen molar-refractivity contribution in [2.75, 3.05) is 18.8 Å². The minimum absolute atomic E-state index is 0.0463. The van der Waals surface area contributed by atoms with Gasteiger partial charge in [-0.1, -0.05) is 0 Å². The summed E-state index contributed by atoms with van der Waals surface area (Å²) in [5.41, 5.74) is 0. The zero-order chi connectivity index (χ0) is 10.1. The average molecular weight is 206 g/mol. The summed E-state index contributed by atoms with van der Waals surface area (Å²) in [5, 5.41) is 2.61. The predicted molar refractivity (Wildman–Crippen MR) is 48.6 cm³/mol. The summed E-state index contributed by atoms with van der Waals surface area (Å²) in [5.74, 6) is -0.173. The van der Waals surface area contributed by atoms with Crippen LogP contribution in [-0.4, -0.2) is 43.5 Å². The van der Waals surface area contributed by atoms with E-state index in [-0.39, 0.29) is 11.7 Å². The van der Waals surface area contributed by atoms with Gasteiger partial charge in [0.2, 0.25) is 15.9 Å². The maximum atomic E-state index is 11.5. The molecular formula is C7H14N2O3S. The first-order valence-corrected chi connectivity index (χ1v) is 5.87. The van der Waals surface area contributed by atoms with Gasteiger partial charge in [0.05, 0.1) is 5.75 Å². The second-order valence-electron chi connectivity index (χ2n) is 2.98. The molecule has 1 rings (SSSR count). The topological polar surface area (TPSA) is 66.5 Å². The van der Waals surface area contributed by atoms with E-state index >= 15 is 0 Å². The molecule has 0 spiro atoms. The molecule has 0 bridgehead atoms. The first-order chi connectivity index (χ1) is 5.99. The minimum atomic E-state index is -3.23. The minimum Gasteiger partial charge on any atom is -0.353 e. The third-order valence-electron chi connectivity index (χ3n) is 2.16. The van der Waals surface area contributed by atoms with Gasteiger partial charge in [-0.2, -0.15) is 4.31 Å². The fourth-order valence-electron chi connectivity index (χ4n) is 1.31. The Labute approximate surface area is 78.2 Å². The number of carbonyl (C=O) groups excluding carboxylic acids is 1. The highest BCUT2D eigenvalue weighted by atomic mass is 32.2. The number of carbonyl (C=O) groups is 1. The first-order valence-electron chi connectivity index (χ1n) is 4.26. The summed E-state index contributed by atoms with van der Waals surface area (Å²) in [6.07, 6.45) is 0. The molecular weight excluding hydrogens is 192 g/mol. The van der Waals surface area contributed by atoms with E-state index < -0.39 is 16.1 Å². The highest BCUT2D eigenvalue weighted by Gasteiger charge is 2.32. The molecule has 1 aliphatic heterocycles. The van der Waals surface area contributed by atoms with Crippen molar-refractivity contribution in [3.05, 3.63) is 0 Å². The highest BCUT2D eigenvalue weighted by Crippen LogP contribution is 2.10. The Bertz CT molecular complexity index is 299. The van der Waals surface area contributed by atoms with Gasteiger partial charge in [0.1, 0.15) is 6.04 Å². The van der Waals surface area contributed by atoms with Crippen LogP contribution in [0.15, 0.2) is 0 Å². The van der Waals surface area contributed by atoms with Crippen LogP contribution in [0.5, 0.6) is 0 Å². The van der Waals surface area contributed by atoms with Crippen molar-refractivity contribution in [3.8, 4) is 0 Å². The zero-order valence-electron chi connectivity index (χ0n) is 7.78. The molecule has 76 valence electrons. The Kier molecular flexibility index (Phi) is 2.92. The standard InChI is InChI=1S/C7H14N2O3S/c1-3-13(11,12)9-5-4-8-7(10)6(9)2/h6H,3-5H2,1-2H3,(H,8,10). The van der Waals surface area contributed by atoms with E-state index in [2.05, 4.69) is 5.32 Å². The zero-order valence-corrected chi connectivity index (χ0v) is 8.60. The van der Waals surface area contributed by atoms with Gasteiger partial charge in [0.15, 0.2) is 0 Å². The van der Waals surface area contributed by atoms with E-state index in [1.807, 2.05) is 0 Å². The molecule has 13 heavy (non-hydrogen) atoms. The van der Waals surface area contributed by atoms with Gasteiger partial charge in [0.25, 0.3) is 0 Å². The molecule has 1 unspecified atom stereocenters. The molecule has 1 amide bonds. The van der Waals surface area contributed by atoms with Gasteiger partial charge >= 0.3 is 0 Å². The van der Waals surface area contributed by atoms with Crippen LogP contribution in [0.1, 0.15) is 13.8 Å². The molecule has 0 saturated carbocycles. The van der Waals surface area contributed by atoms with Crippen LogP contribution in [0.25, 0.3) is 0 Å². The van der Waals surface area contributed by atoms with E-state index in [1.54, 1.807) is 13.8 Å². The Morgan fingerprint density at radius 1 is 1.62 bits per heavy atom. The van der Waals surface area contributed by atoms with E-state index in [0.717, 1.165) is 0 Å². The second kappa shape index (κ2) is 3.63. The van der Waals surface area contributed by atoms with Crippen molar-refractivity contribution < 1.29 is 13.2 Å². The molecule has 1 heterocycles. The number of hydrogen-bond acceptors (Lipinski definition) is 3. The normalized spacial score (nSPS) is 25.7. The molecule has 0 aromatic carbocycles. The Balaban J connectivity index is 2.86. The number of nitrogens with zero attached hydrogens (tertiary/aromatic N) is 1. The summed E-state index contributed by atoms with van der Waals surface area (Å²) in [6.45, 7) is 3.96. The summed E-state index contributed by atoms with van der Waals surface area (Å²) in [7, 11) is -3.23. The Hall–Kier alpha value is -0.620. The molecule has 0 aromatic rings. The van der Waals surface area contributed by atoms with Crippen molar-refractivity contribution >= 4 is 15.9 Å². The third-order valence-corrected chi connectivity index (χ3v) is 4.11. The van der Waals surface area contributed by atoms with Crippen LogP contribution >= 0.6 is 0 Å². The summed E-state index contributed by atoms with van der Waals surface area (Å²) >= 11 is 0. The number of piperazine rings is 1. The molecule has 0 radical (unpaired) electrons. The maximum absolute atomic E-state index is 11.5. The van der Waals surface area contributed by atoms with Crippen molar-refractivity contribution in [3.63, 3.8) is 0 Å². The predicted octanol–water partition coefficient (Wildman–Crippen LogP) is -0.844. The second-order valence-corrected chi connectivity index (χ2v) is 5.19. The van der Waals surface area contributed by atoms with Crippen LogP contribution in [-0.2, 0) is 14.8 Å². The van der Waals surface area contributed by atoms with E-state index in [9.17, 15) is 13.2 Å². The molecule has 1 aliphatic rings. The molecule has 5 nitrogen and oxygen atoms in total. The van der Waals surface area contributed by atoms with Crippen LogP contribution in [0.2, 0.25) is 0 Å². The van der Waals surface area contributed by atoms with Gasteiger partial charge in [0, 0.05) is 13.1 Å². The van der Waals surface area contributed by atoms with Crippen molar-refractivity contribution in [2.24, 2.45) is 0 Å². The molecule has 1 fully saturated rings. The SMILES string of the molecule is CCS(=O)(=O)N1CCNC(=O)C1C. The largest absolute Gasteiger partial charge is 0.353 e. The number of rotatable bonds is 2. The lowest BCUT2D eigenvalue weighted by atomic mass is 10.2. The fraction of sp³-hybridized carbons (Fsp3) is 0.857. The monoisotopic (exact) mass is 206 g/mol. The van der Waals surface area contributed by atoms with Crippen LogP contribution < -0.4 is 5.32 Å². The maximum Gasteiger partial charge on any atom is 0.238 e. The summed E-state index contributed by atoms with van der Waals surface area (Å²) < 4.78 is 24.2. The van der Waals surface area contributed by atoms with E-state index in [0.29, 0.717) is 13.1 Å². The van der Waals surface area contributed by atoms with Crippen molar-refractivity contribution in [2.45, 2.75) is 19.9 Å². The quantitative estimate of drug-likeness (QED) is 0.640. The number of hydrogen-bond donors (Lipinski definition) is 1. The molecule has 1 atom stereocenters. The molecule has 0 aliphatic carbocycles. The molecule has 1 saturated heterocycles. The smallest absolute Gasteiger partial charge is 0.238 e. The van der Waals surface area contributed by atoms with Gasteiger partial charge in [-0.3, -0.25) is 4.79 Å². The lowest BCUT2D eigenvalue weighted by molar-refractivity contribution is -0.126. The Morgan fingerprint density at radius 3 is 2.77 bits per heavy atom. The Morgan fingerprint density at radius 2 is 2.23 bits per heavy atom. The third kappa shape index (κ3) is 2.00. The van der Waals surface area contributed by atoms with Gasteiger partial charge in [-0.25, -0.2) is 8.42 Å². The number of nitrogens with one attached hydrogen (secondary N) is 1.